The van der Waals surface area contributed by atoms with Crippen molar-refractivity contribution in [1.82, 2.24) is 10.3 Å². The fourth-order valence-corrected chi connectivity index (χ4v) is 18.6. The number of Topliss-reactive ketones (excluding diaryl/α,β-unsaturated/α-hetero) is 2. The fourth-order valence-electron chi connectivity index (χ4n) is 18.6. The van der Waals surface area contributed by atoms with Crippen molar-refractivity contribution >= 4 is 23.5 Å². The van der Waals surface area contributed by atoms with Crippen LogP contribution in [0.1, 0.15) is 148 Å². The molecule has 1 aromatic rings. The van der Waals surface area contributed by atoms with Crippen molar-refractivity contribution in [3.05, 3.63) is 46.9 Å². The SMILES string of the molecule is CC(=O)CNC1=C2C(CCC3(CCN=C(N)N)C4C(CC#CC(C5COC(=O)C5c5cc[nH]c5)CC5C6CC(C)CCC6=CCC5C(CO)CC(O)C4(C)O)CC23O)C2(C3CCCCC3)CC(O)C(O)CC2C1=O. The third-order valence-corrected chi connectivity index (χ3v) is 21.7. The van der Waals surface area contributed by atoms with Crippen molar-refractivity contribution in [1.29, 1.82) is 0 Å². The third kappa shape index (κ3) is 8.91. The number of aliphatic hydroxyl groups excluding tert-OH is 4. The van der Waals surface area contributed by atoms with E-state index >= 15 is 4.79 Å². The molecule has 6 fully saturated rings. The van der Waals surface area contributed by atoms with E-state index in [1.54, 1.807) is 6.92 Å². The molecule has 0 radical (unpaired) electrons. The molecule has 1 aliphatic heterocycles. The smallest absolute Gasteiger partial charge is 0.313 e. The summed E-state index contributed by atoms with van der Waals surface area (Å²) < 4.78 is 5.92. The number of H-pyrrole nitrogens is 1. The number of carbonyl (C=O) groups excluding carboxylic acids is 3. The van der Waals surface area contributed by atoms with Gasteiger partial charge < -0.3 is 57.1 Å². The van der Waals surface area contributed by atoms with Crippen LogP contribution in [0.5, 0.6) is 0 Å². The summed E-state index contributed by atoms with van der Waals surface area (Å²) >= 11 is 0. The number of guanidine groups is 1. The number of ether oxygens (including phenoxy) is 1. The first-order valence-corrected chi connectivity index (χ1v) is 28.5. The van der Waals surface area contributed by atoms with Gasteiger partial charge in [-0.2, -0.15) is 0 Å². The van der Waals surface area contributed by atoms with Gasteiger partial charge in [0, 0.05) is 61.1 Å². The van der Waals surface area contributed by atoms with E-state index in [9.17, 15) is 40.2 Å². The highest BCUT2D eigenvalue weighted by Crippen LogP contribution is 2.74. The predicted molar refractivity (Wildman–Crippen MR) is 278 cm³/mol. The van der Waals surface area contributed by atoms with E-state index < -0.39 is 75.9 Å². The number of rotatable bonds is 10. The highest BCUT2D eigenvalue weighted by atomic mass is 16.5. The number of aromatic amines is 1. The lowest BCUT2D eigenvalue weighted by Gasteiger charge is -2.65. The monoisotopic (exact) mass is 1020 g/mol. The summed E-state index contributed by atoms with van der Waals surface area (Å²) in [5.41, 5.74) is 9.21. The van der Waals surface area contributed by atoms with Crippen LogP contribution in [0.25, 0.3) is 0 Å². The Kier molecular flexibility index (Phi) is 14.9. The molecule has 12 N–H and O–H groups in total. The highest BCUT2D eigenvalue weighted by Gasteiger charge is 2.75. The zero-order valence-corrected chi connectivity index (χ0v) is 44.0. The van der Waals surface area contributed by atoms with E-state index in [1.807, 2.05) is 18.5 Å². The number of aliphatic imine (C=N–C) groups is 1. The molecule has 1 saturated heterocycles. The summed E-state index contributed by atoms with van der Waals surface area (Å²) in [5.74, 6) is 3.26. The van der Waals surface area contributed by atoms with Crippen LogP contribution in [0, 0.1) is 93.7 Å². The molecule has 9 aliphatic rings. The van der Waals surface area contributed by atoms with Crippen molar-refractivity contribution in [2.75, 3.05) is 26.3 Å². The van der Waals surface area contributed by atoms with Crippen LogP contribution < -0.4 is 16.8 Å². The molecule has 15 nitrogen and oxygen atoms in total. The first kappa shape index (κ1) is 53.4. The van der Waals surface area contributed by atoms with Gasteiger partial charge in [-0.25, -0.2) is 0 Å². The fraction of sp³-hybridized carbons (Fsp3) is 0.763. The van der Waals surface area contributed by atoms with Gasteiger partial charge in [0.25, 0.3) is 0 Å². The molecule has 15 heteroatoms. The maximum absolute atomic E-state index is 15.7. The molecule has 0 aromatic carbocycles. The second-order valence-electron chi connectivity index (χ2n) is 25.4. The van der Waals surface area contributed by atoms with Crippen molar-refractivity contribution in [2.24, 2.45) is 98.3 Å². The van der Waals surface area contributed by atoms with E-state index in [0.717, 1.165) is 56.9 Å². The minimum absolute atomic E-state index is 0.0223. The van der Waals surface area contributed by atoms with Crippen LogP contribution in [0.4, 0.5) is 0 Å². The number of allylic oxidation sites excluding steroid dienone is 3. The maximum Gasteiger partial charge on any atom is 0.313 e. The summed E-state index contributed by atoms with van der Waals surface area (Å²) in [6.45, 7) is 5.33. The molecular weight excluding hydrogens is 939 g/mol. The Labute approximate surface area is 437 Å². The zero-order chi connectivity index (χ0) is 52.5. The van der Waals surface area contributed by atoms with Gasteiger partial charge in [0.2, 0.25) is 0 Å². The molecule has 0 amide bonds. The Morgan fingerprint density at radius 1 is 0.973 bits per heavy atom. The van der Waals surface area contributed by atoms with Crippen molar-refractivity contribution < 1.29 is 49.8 Å². The number of carbonyl (C=O) groups is 3. The van der Waals surface area contributed by atoms with Gasteiger partial charge in [0.15, 0.2) is 11.7 Å². The number of aromatic nitrogens is 1. The summed E-state index contributed by atoms with van der Waals surface area (Å²) in [6.07, 6.45) is 13.2. The van der Waals surface area contributed by atoms with Crippen LogP contribution in [-0.2, 0) is 19.1 Å². The lowest BCUT2D eigenvalue weighted by Crippen LogP contribution is -2.67. The molecule has 0 spiro atoms. The normalized spacial score (nSPS) is 44.4. The summed E-state index contributed by atoms with van der Waals surface area (Å²) in [6, 6.07) is 1.93. The van der Waals surface area contributed by atoms with E-state index in [-0.39, 0.29) is 130 Å². The van der Waals surface area contributed by atoms with Gasteiger partial charge in [0.05, 0.1) is 54.3 Å². The average Bonchev–Trinajstić information content (AvgIpc) is 4.10. The number of fused-ring (bicyclic) bond motifs is 10. The number of cyclic esters (lactones) is 1. The molecule has 19 unspecified atom stereocenters. The molecule has 10 rings (SSSR count). The first-order chi connectivity index (χ1) is 35.4. The van der Waals surface area contributed by atoms with Gasteiger partial charge in [-0.15, -0.1) is 5.92 Å². The summed E-state index contributed by atoms with van der Waals surface area (Å²) in [4.78, 5) is 50.0. The van der Waals surface area contributed by atoms with Gasteiger partial charge in [0.1, 0.15) is 5.78 Å². The van der Waals surface area contributed by atoms with Crippen LogP contribution in [0.2, 0.25) is 0 Å². The van der Waals surface area contributed by atoms with E-state index in [2.05, 4.69) is 40.1 Å². The first-order valence-electron chi connectivity index (χ1n) is 28.5. The number of hydrogen-bond acceptors (Lipinski definition) is 12. The Morgan fingerprint density at radius 3 is 2.47 bits per heavy atom. The Balaban J connectivity index is 1.16. The Hall–Kier alpha value is -4.04. The molecular formula is C59H85N5O10. The third-order valence-electron chi connectivity index (χ3n) is 21.7. The summed E-state index contributed by atoms with van der Waals surface area (Å²) in [5, 5.41) is 79.2. The lowest BCUT2D eigenvalue weighted by molar-refractivity contribution is -0.198. The molecule has 19 atom stereocenters. The molecule has 1 aromatic heterocycles. The molecule has 5 saturated carbocycles. The molecule has 406 valence electrons. The van der Waals surface area contributed by atoms with Gasteiger partial charge in [-0.1, -0.05) is 43.8 Å². The minimum Gasteiger partial charge on any atom is -0.465 e. The molecule has 74 heavy (non-hydrogen) atoms. The number of hydrogen-bond donors (Lipinski definition) is 10. The van der Waals surface area contributed by atoms with E-state index in [1.165, 1.54) is 12.5 Å². The van der Waals surface area contributed by atoms with Crippen LogP contribution in [-0.4, -0.2) is 115 Å². The zero-order valence-electron chi connectivity index (χ0n) is 44.0. The van der Waals surface area contributed by atoms with Gasteiger partial charge >= 0.3 is 5.97 Å². The lowest BCUT2D eigenvalue weighted by atomic mass is 9.40. The topological polar surface area (TPSA) is 274 Å². The molecule has 0 bridgehead atoms. The molecule has 2 heterocycles. The molecule has 8 aliphatic carbocycles. The quantitative estimate of drug-likeness (QED) is 0.0490. The van der Waals surface area contributed by atoms with E-state index in [4.69, 9.17) is 16.2 Å². The number of aliphatic hydroxyl groups is 6. The van der Waals surface area contributed by atoms with Gasteiger partial charge in [-0.3, -0.25) is 19.4 Å². The number of ketones is 2. The average molecular weight is 1020 g/mol. The largest absolute Gasteiger partial charge is 0.465 e. The highest BCUT2D eigenvalue weighted by molar-refractivity contribution is 6.00. The van der Waals surface area contributed by atoms with Crippen LogP contribution >= 0.6 is 0 Å². The van der Waals surface area contributed by atoms with Crippen molar-refractivity contribution in [3.63, 3.8) is 0 Å². The second kappa shape index (κ2) is 20.7. The second-order valence-corrected chi connectivity index (χ2v) is 25.4. The van der Waals surface area contributed by atoms with Gasteiger partial charge in [-0.05, 0) is 174 Å². The number of nitrogens with zero attached hydrogens (tertiary/aromatic N) is 1. The van der Waals surface area contributed by atoms with Crippen LogP contribution in [0.3, 0.4) is 0 Å². The number of esters is 1. The Bertz CT molecular complexity index is 2430. The Morgan fingerprint density at radius 2 is 1.76 bits per heavy atom. The van der Waals surface area contributed by atoms with Crippen molar-refractivity contribution in [3.8, 4) is 11.8 Å². The van der Waals surface area contributed by atoms with E-state index in [0.29, 0.717) is 37.2 Å². The number of nitrogens with two attached hydrogens (primary N) is 2. The minimum atomic E-state index is -1.89. The van der Waals surface area contributed by atoms with Crippen molar-refractivity contribution in [2.45, 2.75) is 172 Å². The number of nitrogens with one attached hydrogen (secondary N) is 2. The standard InChI is InChI=1S/C59H85N5O10/c1-32-12-13-34-14-15-40-38(30-65)24-48(69)56(3,72)53-36(9-7-8-35(23-42(40)41(34)22-32)43-31-74-54(71)49(43)37-17-20-62-29-37)26-59(73)50-44(16-18-57(53,59)19-21-63-55(60)61)58(39-10-5-4-6-11-39)27-47(68)46(67)25-45(58)52(70)51(50)64-28-33(2)66/h14,17,20,29,32,35-36,38-49,53,62,64-65,67-69,72-73H,4-6,9-13,15-16,18-19,21-28,30-31H2,1-3H3,(H4,60,61,63). The summed E-state index contributed by atoms with van der Waals surface area (Å²) in [7, 11) is 0. The van der Waals surface area contributed by atoms with Crippen LogP contribution in [0.15, 0.2) is 46.4 Å². The predicted octanol–water partition coefficient (Wildman–Crippen LogP) is 4.93. The maximum atomic E-state index is 15.7.